The molecule has 4 rings (SSSR count). The number of hydrogen-bond donors (Lipinski definition) is 1. The van der Waals surface area contributed by atoms with Crippen molar-refractivity contribution in [3.05, 3.63) is 65.7 Å². The van der Waals surface area contributed by atoms with Crippen molar-refractivity contribution in [3.63, 3.8) is 0 Å². The topological polar surface area (TPSA) is 35.6 Å². The first kappa shape index (κ1) is 17.1. The molecule has 1 unspecified atom stereocenters. The molecule has 4 nitrogen and oxygen atoms in total. The molecule has 1 amide bonds. The highest BCUT2D eigenvalue weighted by molar-refractivity contribution is 5.88. The van der Waals surface area contributed by atoms with Crippen LogP contribution >= 0.6 is 0 Å². The van der Waals surface area contributed by atoms with Crippen LogP contribution in [0, 0.1) is 0 Å². The summed E-state index contributed by atoms with van der Waals surface area (Å²) in [5.74, 6) is 0.220. The largest absolute Gasteiger partial charge is 0.384 e. The molecule has 2 aliphatic rings. The molecule has 1 saturated heterocycles. The van der Waals surface area contributed by atoms with Gasteiger partial charge in [-0.25, -0.2) is 0 Å². The van der Waals surface area contributed by atoms with Crippen molar-refractivity contribution in [2.24, 2.45) is 0 Å². The third kappa shape index (κ3) is 2.78. The molecule has 26 heavy (non-hydrogen) atoms. The van der Waals surface area contributed by atoms with Crippen LogP contribution in [-0.4, -0.2) is 49.4 Å². The van der Waals surface area contributed by atoms with Gasteiger partial charge in [0.2, 0.25) is 5.91 Å². The van der Waals surface area contributed by atoms with Crippen molar-refractivity contribution in [1.29, 1.82) is 0 Å². The lowest BCUT2D eigenvalue weighted by atomic mass is 9.79. The summed E-state index contributed by atoms with van der Waals surface area (Å²) in [5.41, 5.74) is 3.62. The molecule has 4 heteroatoms. The van der Waals surface area contributed by atoms with E-state index in [0.717, 1.165) is 37.2 Å². The van der Waals surface area contributed by atoms with Crippen LogP contribution in [0.2, 0.25) is 0 Å². The molecule has 2 heterocycles. The van der Waals surface area contributed by atoms with E-state index < -0.39 is 0 Å². The lowest BCUT2D eigenvalue weighted by Crippen LogP contribution is -2.52. The Balaban J connectivity index is 1.50. The summed E-state index contributed by atoms with van der Waals surface area (Å²) in [6, 6.07) is 18.9. The highest BCUT2D eigenvalue weighted by Gasteiger charge is 2.41. The van der Waals surface area contributed by atoms with Crippen LogP contribution < -0.4 is 5.32 Å². The normalized spacial score (nSPS) is 21.3. The highest BCUT2D eigenvalue weighted by Crippen LogP contribution is 2.39. The van der Waals surface area contributed by atoms with E-state index in [0.29, 0.717) is 6.54 Å². The van der Waals surface area contributed by atoms with Gasteiger partial charge < -0.3 is 10.2 Å². The second-order valence-electron chi connectivity index (χ2n) is 7.64. The fourth-order valence-corrected chi connectivity index (χ4v) is 4.56. The van der Waals surface area contributed by atoms with Gasteiger partial charge in [-0.3, -0.25) is 9.69 Å². The molecule has 1 fully saturated rings. The average Bonchev–Trinajstić information content (AvgIpc) is 3.12. The molecule has 1 N–H and O–H groups in total. The molecule has 0 aromatic heterocycles. The standard InChI is InChI=1S/C22H27N3O/c1-24(2)22(17-8-4-3-5-9-17)12-14-25(15-13-22)21(26)19-16-23-20-11-7-6-10-18(19)20/h3-11,19,23H,12-16H2,1-2H3. The van der Waals surface area contributed by atoms with Crippen molar-refractivity contribution < 1.29 is 4.79 Å². The maximum Gasteiger partial charge on any atom is 0.231 e. The summed E-state index contributed by atoms with van der Waals surface area (Å²) >= 11 is 0. The molecule has 1 atom stereocenters. The average molecular weight is 349 g/mol. The van der Waals surface area contributed by atoms with Gasteiger partial charge in [-0.15, -0.1) is 0 Å². The Labute approximate surface area is 155 Å². The molecule has 136 valence electrons. The number of benzene rings is 2. The minimum Gasteiger partial charge on any atom is -0.384 e. The number of nitrogens with zero attached hydrogens (tertiary/aromatic N) is 2. The number of para-hydroxylation sites is 1. The number of likely N-dealkylation sites (tertiary alicyclic amines) is 1. The van der Waals surface area contributed by atoms with Crippen LogP contribution in [0.4, 0.5) is 5.69 Å². The minimum atomic E-state index is -0.0465. The van der Waals surface area contributed by atoms with Crippen molar-refractivity contribution >= 4 is 11.6 Å². The van der Waals surface area contributed by atoms with Gasteiger partial charge in [0.25, 0.3) is 0 Å². The molecular formula is C22H27N3O. The number of carbonyl (C=O) groups is 1. The summed E-state index contributed by atoms with van der Waals surface area (Å²) in [5, 5.41) is 3.37. The number of hydrogen-bond acceptors (Lipinski definition) is 3. The fraction of sp³-hybridized carbons (Fsp3) is 0.409. The van der Waals surface area contributed by atoms with Gasteiger partial charge in [-0.1, -0.05) is 48.5 Å². The lowest BCUT2D eigenvalue weighted by Gasteiger charge is -2.47. The van der Waals surface area contributed by atoms with E-state index in [2.05, 4.69) is 71.7 Å². The van der Waals surface area contributed by atoms with Crippen LogP contribution in [0.1, 0.15) is 29.9 Å². The molecule has 0 bridgehead atoms. The molecule has 2 aromatic carbocycles. The van der Waals surface area contributed by atoms with Gasteiger partial charge in [0, 0.05) is 30.9 Å². The molecule has 2 aromatic rings. The minimum absolute atomic E-state index is 0.0177. The van der Waals surface area contributed by atoms with Gasteiger partial charge >= 0.3 is 0 Å². The Morgan fingerprint density at radius 3 is 2.38 bits per heavy atom. The number of nitrogens with one attached hydrogen (secondary N) is 1. The first-order chi connectivity index (χ1) is 12.6. The maximum atomic E-state index is 13.2. The van der Waals surface area contributed by atoms with E-state index in [4.69, 9.17) is 0 Å². The maximum absolute atomic E-state index is 13.2. The third-order valence-corrected chi connectivity index (χ3v) is 6.20. The van der Waals surface area contributed by atoms with E-state index in [1.807, 2.05) is 12.1 Å². The quantitative estimate of drug-likeness (QED) is 0.924. The third-order valence-electron chi connectivity index (χ3n) is 6.20. The number of amides is 1. The monoisotopic (exact) mass is 349 g/mol. The van der Waals surface area contributed by atoms with E-state index in [-0.39, 0.29) is 17.4 Å². The molecule has 0 aliphatic carbocycles. The van der Waals surface area contributed by atoms with Crippen LogP contribution in [-0.2, 0) is 10.3 Å². The van der Waals surface area contributed by atoms with Gasteiger partial charge in [0.1, 0.15) is 0 Å². The van der Waals surface area contributed by atoms with Gasteiger partial charge in [0.15, 0.2) is 0 Å². The summed E-state index contributed by atoms with van der Waals surface area (Å²) in [7, 11) is 4.31. The van der Waals surface area contributed by atoms with Crippen LogP contribution in [0.5, 0.6) is 0 Å². The number of anilines is 1. The number of rotatable bonds is 3. The van der Waals surface area contributed by atoms with Crippen molar-refractivity contribution in [1.82, 2.24) is 9.80 Å². The summed E-state index contributed by atoms with van der Waals surface area (Å²) < 4.78 is 0. The molecule has 0 saturated carbocycles. The number of piperidine rings is 1. The lowest BCUT2D eigenvalue weighted by molar-refractivity contribution is -0.135. The Hall–Kier alpha value is -2.33. The molecule has 0 spiro atoms. The van der Waals surface area contributed by atoms with Gasteiger partial charge in [-0.2, -0.15) is 0 Å². The Morgan fingerprint density at radius 1 is 1.04 bits per heavy atom. The Kier molecular flexibility index (Phi) is 4.45. The summed E-state index contributed by atoms with van der Waals surface area (Å²) in [6.45, 7) is 2.33. The molecule has 2 aliphatic heterocycles. The van der Waals surface area contributed by atoms with Crippen LogP contribution in [0.25, 0.3) is 0 Å². The molecular weight excluding hydrogens is 322 g/mol. The van der Waals surface area contributed by atoms with E-state index >= 15 is 0 Å². The first-order valence-corrected chi connectivity index (χ1v) is 9.46. The predicted octanol–water partition coefficient (Wildman–Crippen LogP) is 3.28. The van der Waals surface area contributed by atoms with E-state index in [9.17, 15) is 4.79 Å². The second kappa shape index (κ2) is 6.76. The summed E-state index contributed by atoms with van der Waals surface area (Å²) in [6.07, 6.45) is 1.94. The van der Waals surface area contributed by atoms with Gasteiger partial charge in [-0.05, 0) is 44.1 Å². The fourth-order valence-electron chi connectivity index (χ4n) is 4.56. The Morgan fingerprint density at radius 2 is 1.69 bits per heavy atom. The van der Waals surface area contributed by atoms with Crippen molar-refractivity contribution in [3.8, 4) is 0 Å². The number of fused-ring (bicyclic) bond motifs is 1. The zero-order valence-electron chi connectivity index (χ0n) is 15.6. The van der Waals surface area contributed by atoms with Crippen LogP contribution in [0.3, 0.4) is 0 Å². The smallest absolute Gasteiger partial charge is 0.231 e. The molecule has 0 radical (unpaired) electrons. The summed E-state index contributed by atoms with van der Waals surface area (Å²) in [4.78, 5) is 17.6. The predicted molar refractivity (Wildman–Crippen MR) is 105 cm³/mol. The van der Waals surface area contributed by atoms with E-state index in [1.54, 1.807) is 0 Å². The second-order valence-corrected chi connectivity index (χ2v) is 7.64. The zero-order valence-corrected chi connectivity index (χ0v) is 15.6. The van der Waals surface area contributed by atoms with Gasteiger partial charge in [0.05, 0.1) is 5.92 Å². The Bertz CT molecular complexity index is 779. The number of carbonyl (C=O) groups excluding carboxylic acids is 1. The highest BCUT2D eigenvalue weighted by atomic mass is 16.2. The zero-order chi connectivity index (χ0) is 18.1. The van der Waals surface area contributed by atoms with E-state index in [1.165, 1.54) is 5.56 Å². The van der Waals surface area contributed by atoms with Crippen molar-refractivity contribution in [2.45, 2.75) is 24.3 Å². The SMILES string of the molecule is CN(C)C1(c2ccccc2)CCN(C(=O)C2CNc3ccccc32)CC1. The van der Waals surface area contributed by atoms with Crippen molar-refractivity contribution in [2.75, 3.05) is 39.0 Å². The first-order valence-electron chi connectivity index (χ1n) is 9.46. The van der Waals surface area contributed by atoms with Crippen LogP contribution in [0.15, 0.2) is 54.6 Å².